The van der Waals surface area contributed by atoms with Crippen LogP contribution in [0.15, 0.2) is 0 Å². The van der Waals surface area contributed by atoms with Gasteiger partial charge in [0.25, 0.3) is 0 Å². The summed E-state index contributed by atoms with van der Waals surface area (Å²) in [6, 6.07) is 0. The largest absolute Gasteiger partial charge is 0.394 e. The molecule has 2 heterocycles. The zero-order valence-electron chi connectivity index (χ0n) is 8.39. The number of aliphatic hydroxyl groups is 1. The molecule has 2 atom stereocenters. The van der Waals surface area contributed by atoms with Gasteiger partial charge in [-0.25, -0.2) is 4.39 Å². The van der Waals surface area contributed by atoms with E-state index in [1.54, 1.807) is 0 Å². The highest BCUT2D eigenvalue weighted by molar-refractivity contribution is 5.03. The third-order valence-electron chi connectivity index (χ3n) is 2.74. The van der Waals surface area contributed by atoms with Gasteiger partial charge in [0.2, 0.25) is 0 Å². The lowest BCUT2D eigenvalue weighted by molar-refractivity contribution is 0.0996. The van der Waals surface area contributed by atoms with Crippen LogP contribution in [-0.2, 0) is 0 Å². The summed E-state index contributed by atoms with van der Waals surface area (Å²) >= 11 is 0. The van der Waals surface area contributed by atoms with Gasteiger partial charge in [0.1, 0.15) is 6.17 Å². The molecule has 0 radical (unpaired) electrons. The van der Waals surface area contributed by atoms with Crippen LogP contribution in [0.25, 0.3) is 0 Å². The molecule has 2 nitrogen and oxygen atoms in total. The monoisotopic (exact) mass is 161 g/mol. The van der Waals surface area contributed by atoms with E-state index in [9.17, 15) is 9.50 Å². The number of nitrogens with zero attached hydrogens (tertiary/aromatic N) is 1. The summed E-state index contributed by atoms with van der Waals surface area (Å²) in [7, 11) is 0. The van der Waals surface area contributed by atoms with Crippen molar-refractivity contribution in [1.29, 1.82) is 0 Å². The maximum absolute atomic E-state index is 13.1. The predicted octanol–water partition coefficient (Wildman–Crippen LogP) is 0.555. The molecule has 2 saturated heterocycles. The maximum Gasteiger partial charge on any atom is 0.115 e. The first-order chi connectivity index (χ1) is 6.00. The van der Waals surface area contributed by atoms with E-state index < -0.39 is 18.2 Å². The molecule has 0 bridgehead atoms. The molecule has 2 aliphatic rings. The number of hydrogen-bond donors (Lipinski definition) is 1. The number of fused-ring (bicyclic) bond motifs is 1. The van der Waals surface area contributed by atoms with Gasteiger partial charge in [0.15, 0.2) is 0 Å². The summed E-state index contributed by atoms with van der Waals surface area (Å²) in [4.78, 5) is 1.50. The van der Waals surface area contributed by atoms with Crippen LogP contribution in [-0.4, -0.2) is 41.4 Å². The minimum absolute atomic E-state index is 0.132. The molecule has 2 aliphatic heterocycles. The van der Waals surface area contributed by atoms with Crippen LogP contribution in [0, 0.1) is 0 Å². The Labute approximate surface area is 68.8 Å². The van der Waals surface area contributed by atoms with E-state index in [-0.39, 0.29) is 19.6 Å². The van der Waals surface area contributed by atoms with Crippen molar-refractivity contribution >= 4 is 0 Å². The van der Waals surface area contributed by atoms with Gasteiger partial charge in [0.05, 0.1) is 6.61 Å². The second kappa shape index (κ2) is 2.42. The fraction of sp³-hybridized carbons (Fsp3) is 1.00. The molecular formula is C8H14FNO. The van der Waals surface area contributed by atoms with Crippen molar-refractivity contribution < 1.29 is 12.2 Å². The first-order valence-corrected chi connectivity index (χ1v) is 4.03. The Morgan fingerprint density at radius 3 is 3.27 bits per heavy atom. The van der Waals surface area contributed by atoms with E-state index in [1.165, 1.54) is 4.90 Å². The SMILES string of the molecule is [2H]C1([2H])CC[C@@]2(CO)C[C@@H](F)CN12. The second-order valence-electron chi connectivity index (χ2n) is 3.45. The number of hydrogen-bond acceptors (Lipinski definition) is 2. The van der Waals surface area contributed by atoms with Crippen LogP contribution in [0.5, 0.6) is 0 Å². The normalized spacial score (nSPS) is 52.0. The van der Waals surface area contributed by atoms with E-state index in [0.29, 0.717) is 12.8 Å². The molecule has 11 heavy (non-hydrogen) atoms. The molecule has 0 unspecified atom stereocenters. The molecule has 3 heteroatoms. The minimum Gasteiger partial charge on any atom is -0.394 e. The fourth-order valence-corrected chi connectivity index (χ4v) is 2.10. The first-order valence-electron chi connectivity index (χ1n) is 5.03. The molecule has 0 spiro atoms. The molecule has 2 rings (SSSR count). The van der Waals surface area contributed by atoms with Crippen LogP contribution in [0.1, 0.15) is 22.0 Å². The van der Waals surface area contributed by atoms with E-state index >= 15 is 0 Å². The van der Waals surface area contributed by atoms with Gasteiger partial charge in [-0.2, -0.15) is 0 Å². The van der Waals surface area contributed by atoms with Crippen molar-refractivity contribution in [2.75, 3.05) is 19.6 Å². The lowest BCUT2D eigenvalue weighted by Gasteiger charge is -2.28. The fourth-order valence-electron chi connectivity index (χ4n) is 2.10. The van der Waals surface area contributed by atoms with Gasteiger partial charge < -0.3 is 5.11 Å². The Bertz CT molecular complexity index is 226. The summed E-state index contributed by atoms with van der Waals surface area (Å²) < 4.78 is 28.4. The summed E-state index contributed by atoms with van der Waals surface area (Å²) in [5.74, 6) is 0. The summed E-state index contributed by atoms with van der Waals surface area (Å²) in [5.41, 5.74) is -0.608. The Kier molecular flexibility index (Phi) is 1.21. The van der Waals surface area contributed by atoms with Crippen LogP contribution >= 0.6 is 0 Å². The van der Waals surface area contributed by atoms with Crippen molar-refractivity contribution in [3.8, 4) is 0 Å². The van der Waals surface area contributed by atoms with Crippen LogP contribution in [0.3, 0.4) is 0 Å². The third-order valence-corrected chi connectivity index (χ3v) is 2.74. The molecule has 2 fully saturated rings. The zero-order valence-corrected chi connectivity index (χ0v) is 6.39. The zero-order chi connectivity index (χ0) is 9.69. The lowest BCUT2D eigenvalue weighted by Crippen LogP contribution is -2.41. The summed E-state index contributed by atoms with van der Waals surface area (Å²) in [6.45, 7) is -1.43. The Balaban J connectivity index is 2.27. The van der Waals surface area contributed by atoms with E-state index in [1.807, 2.05) is 0 Å². The molecule has 0 aliphatic carbocycles. The van der Waals surface area contributed by atoms with Crippen LogP contribution < -0.4 is 0 Å². The molecule has 0 amide bonds. The average Bonchev–Trinajstić information content (AvgIpc) is 2.50. The number of halogens is 1. The summed E-state index contributed by atoms with van der Waals surface area (Å²) in [6.07, 6.45) is 0.266. The molecule has 0 aromatic carbocycles. The van der Waals surface area contributed by atoms with Gasteiger partial charge >= 0.3 is 0 Å². The molecule has 0 aromatic rings. The standard InChI is InChI=1S/C8H14FNO/c9-7-4-8(6-11)2-1-3-10(8)5-7/h7,11H,1-6H2/t7-,8+/m1/s1/i3D2. The van der Waals surface area contributed by atoms with Crippen molar-refractivity contribution in [3.63, 3.8) is 0 Å². The van der Waals surface area contributed by atoms with Crippen molar-refractivity contribution in [2.24, 2.45) is 0 Å². The van der Waals surface area contributed by atoms with Crippen molar-refractivity contribution in [1.82, 2.24) is 4.90 Å². The molecule has 64 valence electrons. The minimum atomic E-state index is -1.43. The quantitative estimate of drug-likeness (QED) is 0.607. The third kappa shape index (κ3) is 0.983. The van der Waals surface area contributed by atoms with Gasteiger partial charge in [0, 0.05) is 21.2 Å². The highest BCUT2D eigenvalue weighted by atomic mass is 19.1. The van der Waals surface area contributed by atoms with Crippen LogP contribution in [0.4, 0.5) is 4.39 Å². The first kappa shape index (κ1) is 5.49. The lowest BCUT2D eigenvalue weighted by atomic mass is 9.95. The van der Waals surface area contributed by atoms with Crippen LogP contribution in [0.2, 0.25) is 0 Å². The van der Waals surface area contributed by atoms with Crippen molar-refractivity contribution in [2.45, 2.75) is 31.0 Å². The molecular weight excluding hydrogens is 145 g/mol. The number of alkyl halides is 1. The van der Waals surface area contributed by atoms with Gasteiger partial charge in [-0.15, -0.1) is 0 Å². The maximum atomic E-state index is 13.1. The Morgan fingerprint density at radius 2 is 2.64 bits per heavy atom. The van der Waals surface area contributed by atoms with E-state index in [0.717, 1.165) is 0 Å². The highest BCUT2D eigenvalue weighted by Crippen LogP contribution is 2.39. The summed E-state index contributed by atoms with van der Waals surface area (Å²) in [5, 5.41) is 9.20. The number of rotatable bonds is 1. The van der Waals surface area contributed by atoms with Gasteiger partial charge in [-0.1, -0.05) is 0 Å². The highest BCUT2D eigenvalue weighted by Gasteiger charge is 2.47. The van der Waals surface area contributed by atoms with Crippen molar-refractivity contribution in [3.05, 3.63) is 0 Å². The average molecular weight is 161 g/mol. The Morgan fingerprint density at radius 1 is 1.82 bits per heavy atom. The number of aliphatic hydroxyl groups excluding tert-OH is 1. The van der Waals surface area contributed by atoms with Gasteiger partial charge in [-0.05, 0) is 19.3 Å². The molecule has 1 N–H and O–H groups in total. The molecule has 0 aromatic heterocycles. The van der Waals surface area contributed by atoms with E-state index in [4.69, 9.17) is 2.74 Å². The predicted molar refractivity (Wildman–Crippen MR) is 40.1 cm³/mol. The van der Waals surface area contributed by atoms with Gasteiger partial charge in [-0.3, -0.25) is 4.90 Å². The molecule has 0 saturated carbocycles. The second-order valence-corrected chi connectivity index (χ2v) is 3.45. The van der Waals surface area contributed by atoms with E-state index in [2.05, 4.69) is 0 Å². The smallest absolute Gasteiger partial charge is 0.115 e. The Hall–Kier alpha value is -0.150. The topological polar surface area (TPSA) is 23.5 Å².